The van der Waals surface area contributed by atoms with E-state index in [-0.39, 0.29) is 17.1 Å². The van der Waals surface area contributed by atoms with Crippen LogP contribution in [0.1, 0.15) is 18.4 Å². The second kappa shape index (κ2) is 5.54. The monoisotopic (exact) mass is 294 g/mol. The zero-order chi connectivity index (χ0) is 14.0. The molecular formula is C12H14ClF3N2O. The third kappa shape index (κ3) is 3.51. The lowest BCUT2D eigenvalue weighted by atomic mass is 10.1. The number of alkyl halides is 3. The highest BCUT2D eigenvalue weighted by Crippen LogP contribution is 2.33. The molecule has 1 aliphatic heterocycles. The van der Waals surface area contributed by atoms with E-state index in [2.05, 4.69) is 4.98 Å². The second-order valence-corrected chi connectivity index (χ2v) is 4.87. The second-order valence-electron chi connectivity index (χ2n) is 4.48. The van der Waals surface area contributed by atoms with E-state index in [0.717, 1.165) is 25.0 Å². The Kier molecular flexibility index (Phi) is 4.20. The van der Waals surface area contributed by atoms with Crippen LogP contribution in [0.15, 0.2) is 12.1 Å². The molecule has 7 heteroatoms. The maximum atomic E-state index is 12.7. The minimum atomic E-state index is -4.42. The molecule has 106 valence electrons. The summed E-state index contributed by atoms with van der Waals surface area (Å²) in [6, 6.07) is 1.87. The Morgan fingerprint density at radius 2 is 2.16 bits per heavy atom. The number of anilines is 1. The van der Waals surface area contributed by atoms with Gasteiger partial charge in [0.1, 0.15) is 11.0 Å². The number of methoxy groups -OCH3 is 1. The molecule has 1 unspecified atom stereocenters. The molecule has 2 heterocycles. The molecule has 0 bridgehead atoms. The van der Waals surface area contributed by atoms with Crippen molar-refractivity contribution in [2.75, 3.05) is 25.1 Å². The van der Waals surface area contributed by atoms with Crippen LogP contribution >= 0.6 is 11.6 Å². The van der Waals surface area contributed by atoms with Crippen molar-refractivity contribution in [1.82, 2.24) is 4.98 Å². The molecule has 0 N–H and O–H groups in total. The standard InChI is InChI=1S/C12H14ClF3N2O/c1-19-9-3-2-4-18(7-9)11-6-8(12(14,15)16)5-10(13)17-11/h5-6,9H,2-4,7H2,1H3. The van der Waals surface area contributed by atoms with E-state index in [4.69, 9.17) is 16.3 Å². The molecule has 0 aliphatic carbocycles. The lowest BCUT2D eigenvalue weighted by Crippen LogP contribution is -2.39. The molecular weight excluding hydrogens is 281 g/mol. The number of piperidine rings is 1. The summed E-state index contributed by atoms with van der Waals surface area (Å²) in [5, 5.41) is -0.149. The maximum absolute atomic E-state index is 12.7. The largest absolute Gasteiger partial charge is 0.416 e. The van der Waals surface area contributed by atoms with Crippen LogP contribution in [0, 0.1) is 0 Å². The number of hydrogen-bond donors (Lipinski definition) is 0. The van der Waals surface area contributed by atoms with Crippen LogP contribution in [0.2, 0.25) is 5.15 Å². The van der Waals surface area contributed by atoms with Crippen LogP contribution < -0.4 is 4.90 Å². The van der Waals surface area contributed by atoms with Crippen molar-refractivity contribution < 1.29 is 17.9 Å². The molecule has 0 aromatic carbocycles. The van der Waals surface area contributed by atoms with Gasteiger partial charge in [0.05, 0.1) is 11.7 Å². The number of rotatable bonds is 2. The van der Waals surface area contributed by atoms with Gasteiger partial charge < -0.3 is 9.64 Å². The van der Waals surface area contributed by atoms with Gasteiger partial charge in [-0.15, -0.1) is 0 Å². The predicted molar refractivity (Wildman–Crippen MR) is 66.5 cm³/mol. The Bertz CT molecular complexity index is 453. The van der Waals surface area contributed by atoms with Crippen LogP contribution in [-0.4, -0.2) is 31.3 Å². The van der Waals surface area contributed by atoms with Crippen molar-refractivity contribution in [3.05, 3.63) is 22.8 Å². The highest BCUT2D eigenvalue weighted by atomic mass is 35.5. The molecule has 3 nitrogen and oxygen atoms in total. The van der Waals surface area contributed by atoms with Crippen LogP contribution in [0.4, 0.5) is 19.0 Å². The third-order valence-electron chi connectivity index (χ3n) is 3.14. The number of hydrogen-bond acceptors (Lipinski definition) is 3. The smallest absolute Gasteiger partial charge is 0.380 e. The Balaban J connectivity index is 2.26. The fourth-order valence-corrected chi connectivity index (χ4v) is 2.35. The number of aromatic nitrogens is 1. The Morgan fingerprint density at radius 3 is 2.79 bits per heavy atom. The Labute approximate surface area is 114 Å². The normalized spacial score (nSPS) is 20.7. The SMILES string of the molecule is COC1CCCN(c2cc(C(F)(F)F)cc(Cl)n2)C1. The van der Waals surface area contributed by atoms with Crippen LogP contribution in [0.3, 0.4) is 0 Å². The van der Waals surface area contributed by atoms with Crippen molar-refractivity contribution in [2.45, 2.75) is 25.1 Å². The zero-order valence-electron chi connectivity index (χ0n) is 10.4. The van der Waals surface area contributed by atoms with Gasteiger partial charge in [0.2, 0.25) is 0 Å². The van der Waals surface area contributed by atoms with E-state index < -0.39 is 11.7 Å². The summed E-state index contributed by atoms with van der Waals surface area (Å²) in [7, 11) is 1.60. The first kappa shape index (κ1) is 14.4. The molecule has 2 rings (SSSR count). The minimum Gasteiger partial charge on any atom is -0.380 e. The number of halogens is 4. The summed E-state index contributed by atoms with van der Waals surface area (Å²) in [6.45, 7) is 1.19. The van der Waals surface area contributed by atoms with Crippen LogP contribution in [0.25, 0.3) is 0 Å². The topological polar surface area (TPSA) is 25.4 Å². The van der Waals surface area contributed by atoms with Crippen LogP contribution in [-0.2, 0) is 10.9 Å². The molecule has 1 atom stereocenters. The number of ether oxygens (including phenoxy) is 1. The summed E-state index contributed by atoms with van der Waals surface area (Å²) in [6.07, 6.45) is -2.64. The van der Waals surface area contributed by atoms with Crippen molar-refractivity contribution in [3.63, 3.8) is 0 Å². The lowest BCUT2D eigenvalue weighted by molar-refractivity contribution is -0.137. The quantitative estimate of drug-likeness (QED) is 0.782. The van der Waals surface area contributed by atoms with E-state index in [1.807, 2.05) is 0 Å². The Hall–Kier alpha value is -1.01. The van der Waals surface area contributed by atoms with E-state index in [9.17, 15) is 13.2 Å². The molecule has 1 aromatic rings. The van der Waals surface area contributed by atoms with Gasteiger partial charge in [0.15, 0.2) is 0 Å². The molecule has 0 saturated carbocycles. The van der Waals surface area contributed by atoms with Crippen molar-refractivity contribution in [1.29, 1.82) is 0 Å². The summed E-state index contributed by atoms with van der Waals surface area (Å²) in [5.41, 5.74) is -0.776. The first-order chi connectivity index (χ1) is 8.90. The lowest BCUT2D eigenvalue weighted by Gasteiger charge is -2.33. The molecule has 1 aliphatic rings. The first-order valence-electron chi connectivity index (χ1n) is 5.92. The van der Waals surface area contributed by atoms with Gasteiger partial charge in [-0.3, -0.25) is 0 Å². The van der Waals surface area contributed by atoms with E-state index in [0.29, 0.717) is 13.1 Å². The average molecular weight is 295 g/mol. The predicted octanol–water partition coefficient (Wildman–Crippen LogP) is 3.37. The Morgan fingerprint density at radius 1 is 1.42 bits per heavy atom. The van der Waals surface area contributed by atoms with Gasteiger partial charge in [-0.1, -0.05) is 11.6 Å². The minimum absolute atomic E-state index is 0.0175. The van der Waals surface area contributed by atoms with Crippen molar-refractivity contribution >= 4 is 17.4 Å². The first-order valence-corrected chi connectivity index (χ1v) is 6.30. The van der Waals surface area contributed by atoms with E-state index >= 15 is 0 Å². The van der Waals surface area contributed by atoms with Crippen LogP contribution in [0.5, 0.6) is 0 Å². The fourth-order valence-electron chi connectivity index (χ4n) is 2.15. The summed E-state index contributed by atoms with van der Waals surface area (Å²) in [5.74, 6) is 0.251. The summed E-state index contributed by atoms with van der Waals surface area (Å²) < 4.78 is 43.4. The molecule has 0 radical (unpaired) electrons. The summed E-state index contributed by atoms with van der Waals surface area (Å²) in [4.78, 5) is 5.75. The van der Waals surface area contributed by atoms with Gasteiger partial charge in [-0.05, 0) is 25.0 Å². The maximum Gasteiger partial charge on any atom is 0.416 e. The van der Waals surface area contributed by atoms with Gasteiger partial charge in [0, 0.05) is 20.2 Å². The molecule has 0 amide bonds. The molecule has 1 fully saturated rings. The molecule has 1 aromatic heterocycles. The van der Waals surface area contributed by atoms with E-state index in [1.165, 1.54) is 0 Å². The fraction of sp³-hybridized carbons (Fsp3) is 0.583. The summed E-state index contributed by atoms with van der Waals surface area (Å²) >= 11 is 5.68. The van der Waals surface area contributed by atoms with Crippen molar-refractivity contribution in [3.8, 4) is 0 Å². The molecule has 19 heavy (non-hydrogen) atoms. The highest BCUT2D eigenvalue weighted by Gasteiger charge is 2.32. The molecule has 1 saturated heterocycles. The zero-order valence-corrected chi connectivity index (χ0v) is 11.1. The number of nitrogens with zero attached hydrogens (tertiary/aromatic N) is 2. The average Bonchev–Trinajstić information content (AvgIpc) is 2.37. The van der Waals surface area contributed by atoms with E-state index in [1.54, 1.807) is 12.0 Å². The van der Waals surface area contributed by atoms with Gasteiger partial charge in [-0.25, -0.2) is 4.98 Å². The van der Waals surface area contributed by atoms with Gasteiger partial charge in [-0.2, -0.15) is 13.2 Å². The van der Waals surface area contributed by atoms with Gasteiger partial charge in [0.25, 0.3) is 0 Å². The molecule has 0 spiro atoms. The highest BCUT2D eigenvalue weighted by molar-refractivity contribution is 6.29. The number of pyridine rings is 1. The van der Waals surface area contributed by atoms with Crippen molar-refractivity contribution in [2.24, 2.45) is 0 Å². The van der Waals surface area contributed by atoms with Gasteiger partial charge >= 0.3 is 6.18 Å². The third-order valence-corrected chi connectivity index (χ3v) is 3.34.